The molecule has 3 aliphatic rings. The molecule has 8 heteroatoms. The molecule has 3 fully saturated rings. The molecule has 222 valence electrons. The number of pyridine rings is 1. The standard InChI is InChI=1S/C34H45N7O/c1-3-25-6-7-26(18-31(25)36)34-38-14-10-28(39-34)17-24-11-15-40(16-12-24)21-29-22-41(20-23(2)42-29)32-9-8-27(19-35)33-30(32)5-4-13-37-33/h4-5,8-10,13-14,23-26,29,31H,3,6-7,11-12,15-18,20-22,36H2,1-2H3/t23-,25-,26?,29+,31+/m1/s1. The number of benzene rings is 1. The smallest absolute Gasteiger partial charge is 0.131 e. The van der Waals surface area contributed by atoms with Gasteiger partial charge in [0, 0.05) is 60.8 Å². The van der Waals surface area contributed by atoms with Gasteiger partial charge in [-0.1, -0.05) is 13.3 Å². The number of piperidine rings is 1. The van der Waals surface area contributed by atoms with Crippen molar-refractivity contribution in [2.24, 2.45) is 17.6 Å². The minimum absolute atomic E-state index is 0.141. The first-order chi connectivity index (χ1) is 20.5. The predicted octanol–water partition coefficient (Wildman–Crippen LogP) is 5.07. The molecule has 1 saturated carbocycles. The van der Waals surface area contributed by atoms with Gasteiger partial charge in [-0.15, -0.1) is 0 Å². The van der Waals surface area contributed by atoms with Gasteiger partial charge < -0.3 is 20.3 Å². The molecule has 4 heterocycles. The Morgan fingerprint density at radius 3 is 2.69 bits per heavy atom. The number of likely N-dealkylation sites (tertiary alicyclic amines) is 1. The summed E-state index contributed by atoms with van der Waals surface area (Å²) >= 11 is 0. The second kappa shape index (κ2) is 13.0. The molecular formula is C34H45N7O. The molecule has 42 heavy (non-hydrogen) atoms. The summed E-state index contributed by atoms with van der Waals surface area (Å²) in [5, 5.41) is 10.6. The molecule has 2 aliphatic heterocycles. The van der Waals surface area contributed by atoms with Crippen LogP contribution in [0, 0.1) is 23.2 Å². The van der Waals surface area contributed by atoms with E-state index >= 15 is 0 Å². The molecule has 0 bridgehead atoms. The summed E-state index contributed by atoms with van der Waals surface area (Å²) in [7, 11) is 0. The average Bonchev–Trinajstić information content (AvgIpc) is 3.01. The fraction of sp³-hybridized carbons (Fsp3) is 0.588. The van der Waals surface area contributed by atoms with Gasteiger partial charge in [0.15, 0.2) is 0 Å². The lowest BCUT2D eigenvalue weighted by atomic mass is 9.77. The van der Waals surface area contributed by atoms with Crippen LogP contribution in [0.25, 0.3) is 10.9 Å². The topological polar surface area (TPSA) is 104 Å². The lowest BCUT2D eigenvalue weighted by molar-refractivity contribution is -0.0360. The number of fused-ring (bicyclic) bond motifs is 1. The number of aromatic nitrogens is 3. The van der Waals surface area contributed by atoms with Crippen molar-refractivity contribution in [3.63, 3.8) is 0 Å². The van der Waals surface area contributed by atoms with E-state index in [1.54, 1.807) is 6.20 Å². The number of nitriles is 1. The van der Waals surface area contributed by atoms with Crippen LogP contribution >= 0.6 is 0 Å². The van der Waals surface area contributed by atoms with E-state index in [2.05, 4.69) is 57.9 Å². The molecule has 2 saturated heterocycles. The highest BCUT2D eigenvalue weighted by Crippen LogP contribution is 2.35. The number of nitrogens with two attached hydrogens (primary N) is 1. The SMILES string of the molecule is CC[C@@H]1CCC(c2nccc(CC3CCN(C[C@H]4CN(c5ccc(C#N)c6ncccc56)C[C@@H](C)O4)CC3)n2)C[C@@H]1N. The van der Waals surface area contributed by atoms with Crippen molar-refractivity contribution >= 4 is 16.6 Å². The van der Waals surface area contributed by atoms with Crippen molar-refractivity contribution in [1.82, 2.24) is 19.9 Å². The van der Waals surface area contributed by atoms with E-state index in [0.717, 1.165) is 74.4 Å². The third-order valence-electron chi connectivity index (χ3n) is 9.87. The molecule has 5 atom stereocenters. The van der Waals surface area contributed by atoms with Crippen molar-refractivity contribution in [3.05, 3.63) is 59.8 Å². The first kappa shape index (κ1) is 29.0. The summed E-state index contributed by atoms with van der Waals surface area (Å²) in [4.78, 5) is 19.2. The van der Waals surface area contributed by atoms with Crippen molar-refractivity contribution in [1.29, 1.82) is 5.26 Å². The maximum atomic E-state index is 9.56. The second-order valence-corrected chi connectivity index (χ2v) is 12.8. The van der Waals surface area contributed by atoms with Gasteiger partial charge in [-0.3, -0.25) is 4.98 Å². The van der Waals surface area contributed by atoms with Gasteiger partial charge >= 0.3 is 0 Å². The zero-order valence-electron chi connectivity index (χ0n) is 25.2. The molecule has 0 spiro atoms. The van der Waals surface area contributed by atoms with Gasteiger partial charge in [-0.2, -0.15) is 5.26 Å². The van der Waals surface area contributed by atoms with E-state index < -0.39 is 0 Å². The predicted molar refractivity (Wildman–Crippen MR) is 166 cm³/mol. The first-order valence-electron chi connectivity index (χ1n) is 16.0. The fourth-order valence-corrected chi connectivity index (χ4v) is 7.56. The summed E-state index contributed by atoms with van der Waals surface area (Å²) in [6, 6.07) is 12.7. The van der Waals surface area contributed by atoms with Crippen molar-refractivity contribution in [2.75, 3.05) is 37.6 Å². The first-order valence-corrected chi connectivity index (χ1v) is 16.0. The third kappa shape index (κ3) is 6.44. The molecule has 3 aromatic rings. The Kier molecular flexibility index (Phi) is 8.99. The number of hydrogen-bond donors (Lipinski definition) is 1. The largest absolute Gasteiger partial charge is 0.370 e. The summed E-state index contributed by atoms with van der Waals surface area (Å²) in [6.45, 7) is 9.22. The Morgan fingerprint density at radius 2 is 1.90 bits per heavy atom. The van der Waals surface area contributed by atoms with E-state index in [9.17, 15) is 5.26 Å². The number of anilines is 1. The minimum Gasteiger partial charge on any atom is -0.370 e. The summed E-state index contributed by atoms with van der Waals surface area (Å²) in [5.74, 6) is 2.71. The van der Waals surface area contributed by atoms with Crippen LogP contribution in [0.4, 0.5) is 5.69 Å². The molecule has 0 radical (unpaired) electrons. The molecule has 6 rings (SSSR count). The number of nitrogens with zero attached hydrogens (tertiary/aromatic N) is 6. The second-order valence-electron chi connectivity index (χ2n) is 12.8. The molecule has 8 nitrogen and oxygen atoms in total. The van der Waals surface area contributed by atoms with Crippen molar-refractivity contribution < 1.29 is 4.74 Å². The Hall–Kier alpha value is -3.12. The van der Waals surface area contributed by atoms with Crippen LogP contribution in [0.3, 0.4) is 0 Å². The maximum Gasteiger partial charge on any atom is 0.131 e. The Morgan fingerprint density at radius 1 is 1.05 bits per heavy atom. The van der Waals surface area contributed by atoms with Gasteiger partial charge in [-0.05, 0) is 101 Å². The van der Waals surface area contributed by atoms with Gasteiger partial charge in [-0.25, -0.2) is 9.97 Å². The highest BCUT2D eigenvalue weighted by molar-refractivity contribution is 5.95. The van der Waals surface area contributed by atoms with E-state index in [4.69, 9.17) is 15.5 Å². The van der Waals surface area contributed by atoms with E-state index in [-0.39, 0.29) is 18.2 Å². The van der Waals surface area contributed by atoms with Gasteiger partial charge in [0.25, 0.3) is 0 Å². The van der Waals surface area contributed by atoms with E-state index in [1.165, 1.54) is 31.4 Å². The van der Waals surface area contributed by atoms with Crippen LogP contribution in [-0.2, 0) is 11.2 Å². The third-order valence-corrected chi connectivity index (χ3v) is 9.87. The van der Waals surface area contributed by atoms with Gasteiger partial charge in [0.2, 0.25) is 0 Å². The van der Waals surface area contributed by atoms with Crippen LogP contribution in [0.15, 0.2) is 42.7 Å². The molecule has 0 amide bonds. The lowest BCUT2D eigenvalue weighted by Crippen LogP contribution is -2.51. The lowest BCUT2D eigenvalue weighted by Gasteiger charge is -2.41. The number of rotatable bonds is 7. The normalized spacial score (nSPS) is 27.7. The van der Waals surface area contributed by atoms with E-state index in [1.807, 2.05) is 18.3 Å². The Balaban J connectivity index is 1.03. The van der Waals surface area contributed by atoms with Crippen molar-refractivity contribution in [3.8, 4) is 6.07 Å². The zero-order chi connectivity index (χ0) is 29.1. The minimum atomic E-state index is 0.141. The van der Waals surface area contributed by atoms with Crippen LogP contribution in [0.2, 0.25) is 0 Å². The monoisotopic (exact) mass is 567 g/mol. The molecule has 1 aliphatic carbocycles. The molecule has 2 aromatic heterocycles. The molecular weight excluding hydrogens is 522 g/mol. The van der Waals surface area contributed by atoms with Crippen LogP contribution in [0.1, 0.15) is 75.4 Å². The quantitative estimate of drug-likeness (QED) is 0.422. The highest BCUT2D eigenvalue weighted by Gasteiger charge is 2.31. The fourth-order valence-electron chi connectivity index (χ4n) is 7.56. The van der Waals surface area contributed by atoms with Crippen LogP contribution in [-0.4, -0.2) is 70.8 Å². The highest BCUT2D eigenvalue weighted by atomic mass is 16.5. The Bertz CT molecular complexity index is 1400. The summed E-state index contributed by atoms with van der Waals surface area (Å²) < 4.78 is 6.44. The Labute approximate surface area is 250 Å². The molecule has 1 aromatic carbocycles. The average molecular weight is 568 g/mol. The zero-order valence-corrected chi connectivity index (χ0v) is 25.2. The molecule has 1 unspecified atom stereocenters. The van der Waals surface area contributed by atoms with Gasteiger partial charge in [0.1, 0.15) is 11.9 Å². The number of ether oxygens (including phenoxy) is 1. The van der Waals surface area contributed by atoms with Gasteiger partial charge in [0.05, 0.1) is 23.3 Å². The number of hydrogen-bond acceptors (Lipinski definition) is 8. The van der Waals surface area contributed by atoms with E-state index in [0.29, 0.717) is 23.3 Å². The number of morpholine rings is 1. The van der Waals surface area contributed by atoms with Crippen molar-refractivity contribution in [2.45, 2.75) is 83.0 Å². The van der Waals surface area contributed by atoms with Crippen LogP contribution in [0.5, 0.6) is 0 Å². The molecule has 2 N–H and O–H groups in total. The summed E-state index contributed by atoms with van der Waals surface area (Å²) in [5.41, 5.74) is 10.2. The van der Waals surface area contributed by atoms with Crippen LogP contribution < -0.4 is 10.6 Å². The maximum absolute atomic E-state index is 9.56. The summed E-state index contributed by atoms with van der Waals surface area (Å²) in [6.07, 6.45) is 11.9.